The van der Waals surface area contributed by atoms with Gasteiger partial charge in [0.1, 0.15) is 0 Å². The van der Waals surface area contributed by atoms with E-state index >= 15 is 0 Å². The van der Waals surface area contributed by atoms with Crippen LogP contribution >= 0.6 is 0 Å². The Balaban J connectivity index is 0.000000220. The van der Waals surface area contributed by atoms with Gasteiger partial charge < -0.3 is 57.3 Å². The number of carbonyl (C=O) groups excluding carboxylic acids is 12. The molecule has 1 fully saturated rings. The fourth-order valence-corrected chi connectivity index (χ4v) is 10.1. The van der Waals surface area contributed by atoms with E-state index in [-0.39, 0.29) is 73.8 Å². The monoisotopic (exact) mass is 1330 g/mol. The van der Waals surface area contributed by atoms with Crippen molar-refractivity contribution in [2.24, 2.45) is 5.73 Å². The molecule has 1 heterocycles. The first kappa shape index (κ1) is 74.1. The number of imide groups is 1. The highest BCUT2D eigenvalue weighted by molar-refractivity contribution is 6.05. The predicted octanol–water partition coefficient (Wildman–Crippen LogP) is 10.4. The Morgan fingerprint density at radius 2 is 0.711 bits per heavy atom. The lowest BCUT2D eigenvalue weighted by Crippen LogP contribution is -2.32. The van der Waals surface area contributed by atoms with Gasteiger partial charge in [-0.1, -0.05) is 89.6 Å². The average molecular weight is 1330 g/mol. The Morgan fingerprint density at radius 3 is 0.979 bits per heavy atom. The number of nitrogens with zero attached hydrogens (tertiary/aromatic N) is 1. The van der Waals surface area contributed by atoms with Crippen LogP contribution in [0.25, 0.3) is 39.0 Å². The van der Waals surface area contributed by atoms with E-state index in [1.165, 1.54) is 0 Å². The highest BCUT2D eigenvalue weighted by atomic mass is 16.8. The predicted molar refractivity (Wildman–Crippen MR) is 354 cm³/mol. The van der Waals surface area contributed by atoms with Crippen LogP contribution in [0.1, 0.15) is 151 Å². The summed E-state index contributed by atoms with van der Waals surface area (Å²) in [5.74, 6) is -4.61. The smallest absolute Gasteiger partial charge is 0.481 e. The molecule has 3 aliphatic carbocycles. The molecule has 1 saturated heterocycles. The molecule has 0 aromatic heterocycles. The topological polar surface area (TPSA) is 409 Å². The molecule has 27 heteroatoms. The maximum atomic E-state index is 12.6. The molecular weight excluding hydrogens is 1260 g/mol. The van der Waals surface area contributed by atoms with Gasteiger partial charge in [0.25, 0.3) is 11.8 Å². The minimum Gasteiger partial charge on any atom is -0.481 e. The minimum absolute atomic E-state index is 0.0133. The fraction of sp³-hybridized carbons (Fsp3) is 0.271. The van der Waals surface area contributed by atoms with E-state index in [1.807, 2.05) is 62.4 Å². The molecule has 0 atom stereocenters. The number of amides is 8. The average Bonchev–Trinajstić information content (AvgIpc) is 1.62. The molecule has 97 heavy (non-hydrogen) atoms. The first-order valence-electron chi connectivity index (χ1n) is 30.7. The number of rotatable bonds is 19. The van der Waals surface area contributed by atoms with E-state index in [0.29, 0.717) is 88.6 Å². The van der Waals surface area contributed by atoms with E-state index in [2.05, 4.69) is 44.2 Å². The standard InChI is InChI=1S/C24H23N3O7.C23H24N2O6.C20H20N2O2.C2H5NO2.CO2/c1-3-19(28)25-13-5-7-15-16-8-6-14(26-20(29)4-2)12-18(16)23(17(15)11-13)33-24(32)34-27-21(30)9-10-22(27)31;1-3-19(26)24-13-5-7-15-16-8-6-14(25-20(27)4-2)12-18(16)23(17(15)11-13)31-22(30)10-9-21(28)29;1-4-19(23)21-13-6-8-15-16-9-7-14(22-20(24)5-2)11-18(16)12(3)17(15)10-13;3-1-2(4)5;2-1-3/h5-8,11-12,23H,3-4,9-10H2,1-2H3,(H,25,28)(H,26,29);5-8,11-12,23H,3-4,9-10H2,1-2H3,(H,24,26)(H,25,27)(H,28,29);6-11H,3-5H2,1-2H3,(H,21,23)(H,22,24);1,3H2,(H,4,5);. The zero-order valence-corrected chi connectivity index (χ0v) is 53.9. The largest absolute Gasteiger partial charge is 0.534 e. The van der Waals surface area contributed by atoms with Crippen molar-refractivity contribution in [3.63, 3.8) is 0 Å². The van der Waals surface area contributed by atoms with Crippen LogP contribution in [0.3, 0.4) is 0 Å². The van der Waals surface area contributed by atoms with Gasteiger partial charge in [-0.3, -0.25) is 57.6 Å². The van der Waals surface area contributed by atoms with Gasteiger partial charge in [-0.2, -0.15) is 9.59 Å². The summed E-state index contributed by atoms with van der Waals surface area (Å²) in [6, 6.07) is 32.9. The molecule has 0 unspecified atom stereocenters. The second kappa shape index (κ2) is 34.8. The van der Waals surface area contributed by atoms with Crippen LogP contribution in [0.2, 0.25) is 0 Å². The van der Waals surface area contributed by atoms with Gasteiger partial charge >= 0.3 is 30.2 Å². The number of fused-ring (bicyclic) bond motifs is 9. The lowest BCUT2D eigenvalue weighted by atomic mass is 10.0. The van der Waals surface area contributed by atoms with Crippen LogP contribution in [-0.4, -0.2) is 99.3 Å². The number of aliphatic carboxylic acids is 2. The number of carbonyl (C=O) groups is 12. The summed E-state index contributed by atoms with van der Waals surface area (Å²) in [6.45, 7) is 14.5. The van der Waals surface area contributed by atoms with Crippen molar-refractivity contribution < 1.29 is 91.6 Å². The van der Waals surface area contributed by atoms with Gasteiger partial charge in [0.05, 0.1) is 19.4 Å². The molecule has 6 aromatic rings. The highest BCUT2D eigenvalue weighted by Crippen LogP contribution is 2.50. The number of benzene rings is 6. The van der Waals surface area contributed by atoms with E-state index in [9.17, 15) is 57.5 Å². The maximum absolute atomic E-state index is 12.6. The third kappa shape index (κ3) is 19.6. The Labute approximate surface area is 556 Å². The van der Waals surface area contributed by atoms with Crippen molar-refractivity contribution in [1.29, 1.82) is 0 Å². The van der Waals surface area contributed by atoms with Crippen LogP contribution in [-0.2, 0) is 76.6 Å². The van der Waals surface area contributed by atoms with Gasteiger partial charge in [-0.05, 0) is 123 Å². The molecule has 0 bridgehead atoms. The Hall–Kier alpha value is -12.0. The van der Waals surface area contributed by atoms with Gasteiger partial charge in [0, 0.05) is 108 Å². The van der Waals surface area contributed by atoms with Crippen LogP contribution in [0.15, 0.2) is 116 Å². The Morgan fingerprint density at radius 1 is 0.443 bits per heavy atom. The zero-order valence-electron chi connectivity index (χ0n) is 53.9. The number of anilines is 6. The molecule has 10 N–H and O–H groups in total. The van der Waals surface area contributed by atoms with Crippen LogP contribution in [0, 0.1) is 0 Å². The third-order valence-corrected chi connectivity index (χ3v) is 14.9. The molecule has 4 aliphatic rings. The van der Waals surface area contributed by atoms with Gasteiger partial charge in [0.15, 0.2) is 12.2 Å². The summed E-state index contributed by atoms with van der Waals surface area (Å²) in [4.78, 5) is 160. The van der Waals surface area contributed by atoms with Gasteiger partial charge in [-0.15, -0.1) is 0 Å². The molecule has 506 valence electrons. The molecule has 0 spiro atoms. The van der Waals surface area contributed by atoms with E-state index in [0.717, 1.165) is 61.5 Å². The molecule has 8 amide bonds. The molecule has 1 aliphatic heterocycles. The second-order valence-electron chi connectivity index (χ2n) is 21.5. The minimum atomic E-state index is -1.22. The first-order valence-corrected chi connectivity index (χ1v) is 30.7. The summed E-state index contributed by atoms with van der Waals surface area (Å²) in [5.41, 5.74) is 19.2. The van der Waals surface area contributed by atoms with Crippen LogP contribution in [0.5, 0.6) is 0 Å². The summed E-state index contributed by atoms with van der Waals surface area (Å²) < 4.78 is 11.2. The first-order chi connectivity index (χ1) is 46.3. The Kier molecular flexibility index (Phi) is 26.6. The molecule has 27 nitrogen and oxygen atoms in total. The molecule has 0 saturated carbocycles. The van der Waals surface area contributed by atoms with Crippen molar-refractivity contribution in [2.75, 3.05) is 38.4 Å². The highest BCUT2D eigenvalue weighted by Gasteiger charge is 2.38. The lowest BCUT2D eigenvalue weighted by Gasteiger charge is -2.18. The third-order valence-electron chi connectivity index (χ3n) is 14.9. The number of hydroxylamine groups is 2. The number of nitrogens with two attached hydrogens (primary N) is 1. The van der Waals surface area contributed by atoms with E-state index < -0.39 is 48.1 Å². The van der Waals surface area contributed by atoms with Crippen molar-refractivity contribution in [2.45, 2.75) is 118 Å². The molecule has 0 radical (unpaired) electrons. The van der Waals surface area contributed by atoms with E-state index in [1.54, 1.807) is 88.4 Å². The summed E-state index contributed by atoms with van der Waals surface area (Å²) in [6.07, 6.45) is -1.24. The number of carboxylic acid groups (broad SMARTS) is 2. The van der Waals surface area contributed by atoms with Gasteiger partial charge in [0.2, 0.25) is 35.4 Å². The number of ether oxygens (including phenoxy) is 2. The normalized spacial score (nSPS) is 12.2. The lowest BCUT2D eigenvalue weighted by molar-refractivity contribution is -0.192. The van der Waals surface area contributed by atoms with Crippen molar-refractivity contribution in [3.05, 3.63) is 149 Å². The van der Waals surface area contributed by atoms with Crippen molar-refractivity contribution in [3.8, 4) is 33.4 Å². The zero-order chi connectivity index (χ0) is 71.2. The summed E-state index contributed by atoms with van der Waals surface area (Å²) in [7, 11) is 0. The molecule has 6 aromatic carbocycles. The maximum Gasteiger partial charge on any atom is 0.534 e. The number of esters is 1. The van der Waals surface area contributed by atoms with Crippen molar-refractivity contribution >= 4 is 117 Å². The number of hydrogen-bond donors (Lipinski definition) is 9. The SMILES string of the molecule is C=C1c2cc(NC(=O)CC)ccc2-c2ccc(NC(=O)CC)cc21.CCC(=O)Nc1ccc2c(c1)C(OC(=O)CCC(=O)O)c1cc(NC(=O)CC)ccc1-2.CCC(=O)Nc1ccc2c(c1)C(OC(=O)ON1C(=O)CCC1=O)c1cc(NC(=O)CC)ccc1-2.NCC(=O)O.O=C=O. The van der Waals surface area contributed by atoms with Crippen LogP contribution < -0.4 is 37.6 Å². The van der Waals surface area contributed by atoms with Crippen molar-refractivity contribution in [1.82, 2.24) is 5.06 Å². The molecular formula is C70H72N8O19. The second-order valence-corrected chi connectivity index (χ2v) is 21.5. The summed E-state index contributed by atoms with van der Waals surface area (Å²) >= 11 is 0. The number of nitrogens with one attached hydrogen (secondary N) is 6. The summed E-state index contributed by atoms with van der Waals surface area (Å²) in [5, 5.41) is 33.7. The van der Waals surface area contributed by atoms with Crippen LogP contribution in [0.4, 0.5) is 38.9 Å². The fourth-order valence-electron chi connectivity index (χ4n) is 10.1. The Bertz CT molecular complexity index is 3920. The van der Waals surface area contributed by atoms with E-state index in [4.69, 9.17) is 34.1 Å². The number of hydrogen-bond acceptors (Lipinski definition) is 18. The number of carboxylic acids is 2. The quantitative estimate of drug-likeness (QED) is 0.0268. The molecule has 10 rings (SSSR count). The van der Waals surface area contributed by atoms with Gasteiger partial charge in [-0.25, -0.2) is 4.79 Å².